The number of rotatable bonds is 7. The maximum Gasteiger partial charge on any atom is 0.300 e. The van der Waals surface area contributed by atoms with Crippen LogP contribution >= 0.6 is 23.2 Å². The fraction of sp³-hybridized carbons (Fsp3) is 0.214. The molecule has 0 aliphatic carbocycles. The number of ether oxygens (including phenoxy) is 3. The van der Waals surface area contributed by atoms with E-state index in [2.05, 4.69) is 0 Å². The number of nitrogens with zero attached hydrogens (tertiary/aromatic N) is 1. The highest BCUT2D eigenvalue weighted by Crippen LogP contribution is 2.48. The van der Waals surface area contributed by atoms with Crippen molar-refractivity contribution >= 4 is 46.3 Å². The fourth-order valence-corrected chi connectivity index (χ4v) is 5.10. The quantitative estimate of drug-likeness (QED) is 0.217. The Bertz CT molecular complexity index is 1400. The van der Waals surface area contributed by atoms with Crippen molar-refractivity contribution in [1.82, 2.24) is 0 Å². The molecular weight excluding hydrogens is 517 g/mol. The lowest BCUT2D eigenvalue weighted by Crippen LogP contribution is -2.29. The molecule has 0 spiro atoms. The van der Waals surface area contributed by atoms with E-state index in [1.54, 1.807) is 36.4 Å². The summed E-state index contributed by atoms with van der Waals surface area (Å²) in [5.41, 5.74) is 2.04. The number of aryl methyl sites for hydroxylation is 1. The van der Waals surface area contributed by atoms with Gasteiger partial charge in [-0.05, 0) is 47.9 Å². The number of methoxy groups -OCH3 is 3. The minimum Gasteiger partial charge on any atom is -0.507 e. The van der Waals surface area contributed by atoms with Crippen LogP contribution < -0.4 is 19.1 Å². The van der Waals surface area contributed by atoms with Crippen LogP contribution in [0.15, 0.2) is 60.2 Å². The van der Waals surface area contributed by atoms with Gasteiger partial charge in [0.05, 0.1) is 43.5 Å². The number of ketones is 1. The van der Waals surface area contributed by atoms with Gasteiger partial charge in [0.15, 0.2) is 11.5 Å². The van der Waals surface area contributed by atoms with Crippen LogP contribution in [0.4, 0.5) is 5.69 Å². The SMILES string of the molecule is CCc1ccc(N2C(=O)C(=O)/C(=C(/O)c3cc(Cl)c(OC)c(Cl)c3OC)C2c2cccc(OC)c2)cc1. The Morgan fingerprint density at radius 3 is 2.22 bits per heavy atom. The lowest BCUT2D eigenvalue weighted by Gasteiger charge is -2.26. The third kappa shape index (κ3) is 4.61. The molecule has 0 bridgehead atoms. The van der Waals surface area contributed by atoms with Gasteiger partial charge in [0, 0.05) is 5.69 Å². The molecule has 9 heteroatoms. The van der Waals surface area contributed by atoms with Crippen LogP contribution in [-0.2, 0) is 16.0 Å². The molecule has 3 aromatic carbocycles. The van der Waals surface area contributed by atoms with Crippen LogP contribution in [0.5, 0.6) is 17.2 Å². The van der Waals surface area contributed by atoms with Gasteiger partial charge >= 0.3 is 0 Å². The van der Waals surface area contributed by atoms with Crippen molar-refractivity contribution in [3.63, 3.8) is 0 Å². The number of benzene rings is 3. The zero-order chi connectivity index (χ0) is 26.9. The summed E-state index contributed by atoms with van der Waals surface area (Å²) in [5, 5.41) is 11.7. The minimum atomic E-state index is -0.966. The molecule has 1 fully saturated rings. The Labute approximate surface area is 224 Å². The molecule has 0 saturated carbocycles. The second kappa shape index (κ2) is 10.7. The van der Waals surface area contributed by atoms with Gasteiger partial charge in [-0.3, -0.25) is 14.5 Å². The third-order valence-corrected chi connectivity index (χ3v) is 6.90. The Morgan fingerprint density at radius 1 is 0.946 bits per heavy atom. The molecule has 1 saturated heterocycles. The fourth-order valence-electron chi connectivity index (χ4n) is 4.41. The monoisotopic (exact) mass is 541 g/mol. The maximum absolute atomic E-state index is 13.5. The smallest absolute Gasteiger partial charge is 0.300 e. The first-order chi connectivity index (χ1) is 17.8. The zero-order valence-corrected chi connectivity index (χ0v) is 22.2. The molecule has 1 heterocycles. The van der Waals surface area contributed by atoms with Crippen LogP contribution in [0.2, 0.25) is 10.0 Å². The Morgan fingerprint density at radius 2 is 1.62 bits per heavy atom. The summed E-state index contributed by atoms with van der Waals surface area (Å²) in [7, 11) is 4.27. The summed E-state index contributed by atoms with van der Waals surface area (Å²) < 4.78 is 16.1. The normalized spacial score (nSPS) is 16.7. The molecule has 3 aromatic rings. The molecule has 1 unspecified atom stereocenters. The first-order valence-corrected chi connectivity index (χ1v) is 12.2. The average molecular weight is 542 g/mol. The first kappa shape index (κ1) is 26.4. The molecule has 0 radical (unpaired) electrons. The number of anilines is 1. The molecular formula is C28H25Cl2NO6. The summed E-state index contributed by atoms with van der Waals surface area (Å²) in [5.74, 6) is -1.42. The lowest BCUT2D eigenvalue weighted by molar-refractivity contribution is -0.132. The summed E-state index contributed by atoms with van der Waals surface area (Å²) in [4.78, 5) is 28.3. The second-order valence-electron chi connectivity index (χ2n) is 8.25. The van der Waals surface area contributed by atoms with Crippen LogP contribution in [0.1, 0.15) is 29.7 Å². The van der Waals surface area contributed by atoms with E-state index in [0.717, 1.165) is 12.0 Å². The second-order valence-corrected chi connectivity index (χ2v) is 9.04. The van der Waals surface area contributed by atoms with Crippen LogP contribution in [0.25, 0.3) is 5.76 Å². The van der Waals surface area contributed by atoms with Crippen molar-refractivity contribution < 1.29 is 28.9 Å². The molecule has 1 N–H and O–H groups in total. The highest BCUT2D eigenvalue weighted by atomic mass is 35.5. The van der Waals surface area contributed by atoms with Crippen molar-refractivity contribution in [3.8, 4) is 17.2 Å². The predicted octanol–water partition coefficient (Wildman–Crippen LogP) is 6.21. The van der Waals surface area contributed by atoms with Gasteiger partial charge < -0.3 is 19.3 Å². The number of aliphatic hydroxyl groups excluding tert-OH is 1. The van der Waals surface area contributed by atoms with Crippen LogP contribution in [0, 0.1) is 0 Å². The van der Waals surface area contributed by atoms with Gasteiger partial charge in [-0.1, -0.05) is 54.4 Å². The van der Waals surface area contributed by atoms with E-state index in [9.17, 15) is 14.7 Å². The van der Waals surface area contributed by atoms with E-state index in [4.69, 9.17) is 37.4 Å². The first-order valence-electron chi connectivity index (χ1n) is 11.4. The molecule has 1 aliphatic heterocycles. The zero-order valence-electron chi connectivity index (χ0n) is 20.7. The van der Waals surface area contributed by atoms with Crippen LogP contribution in [-0.4, -0.2) is 38.1 Å². The van der Waals surface area contributed by atoms with Crippen molar-refractivity contribution in [2.75, 3.05) is 26.2 Å². The molecule has 1 atom stereocenters. The predicted molar refractivity (Wildman–Crippen MR) is 143 cm³/mol. The highest BCUT2D eigenvalue weighted by Gasteiger charge is 2.47. The van der Waals surface area contributed by atoms with E-state index in [1.807, 2.05) is 19.1 Å². The number of aliphatic hydroxyl groups is 1. The number of amides is 1. The van der Waals surface area contributed by atoms with Crippen LogP contribution in [0.3, 0.4) is 0 Å². The van der Waals surface area contributed by atoms with Gasteiger partial charge in [0.25, 0.3) is 11.7 Å². The summed E-state index contributed by atoms with van der Waals surface area (Å²) in [6.07, 6.45) is 0.817. The van der Waals surface area contributed by atoms with Gasteiger partial charge in [-0.25, -0.2) is 0 Å². The Balaban J connectivity index is 2.01. The van der Waals surface area contributed by atoms with E-state index in [-0.39, 0.29) is 32.7 Å². The largest absolute Gasteiger partial charge is 0.507 e. The standard InChI is InChI=1S/C28H25Cl2NO6/c1-5-15-9-11-17(12-10-15)31-23(16-7-6-8-18(13-16)35-2)21(25(33)28(31)34)24(32)19-14-20(29)27(37-4)22(30)26(19)36-3/h6-14,23,32H,5H2,1-4H3/b24-21+. The maximum atomic E-state index is 13.5. The lowest BCUT2D eigenvalue weighted by atomic mass is 9.94. The Hall–Kier alpha value is -3.68. The average Bonchev–Trinajstić information content (AvgIpc) is 3.18. The van der Waals surface area contributed by atoms with Crippen molar-refractivity contribution in [3.05, 3.63) is 86.9 Å². The number of hydrogen-bond acceptors (Lipinski definition) is 6. The number of hydrogen-bond donors (Lipinski definition) is 1. The minimum absolute atomic E-state index is 0.0152. The molecule has 7 nitrogen and oxygen atoms in total. The van der Waals surface area contributed by atoms with E-state index >= 15 is 0 Å². The van der Waals surface area contributed by atoms with E-state index in [0.29, 0.717) is 17.0 Å². The van der Waals surface area contributed by atoms with Gasteiger partial charge in [-0.15, -0.1) is 0 Å². The molecule has 0 aromatic heterocycles. The van der Waals surface area contributed by atoms with Gasteiger partial charge in [-0.2, -0.15) is 0 Å². The highest BCUT2D eigenvalue weighted by molar-refractivity contribution is 6.52. The summed E-state index contributed by atoms with van der Waals surface area (Å²) in [6, 6.07) is 14.7. The van der Waals surface area contributed by atoms with Gasteiger partial charge in [0.1, 0.15) is 16.5 Å². The summed E-state index contributed by atoms with van der Waals surface area (Å²) in [6.45, 7) is 2.02. The number of halogens is 2. The van der Waals surface area contributed by atoms with Crippen molar-refractivity contribution in [2.24, 2.45) is 0 Å². The van der Waals surface area contributed by atoms with E-state index < -0.39 is 23.5 Å². The third-order valence-electron chi connectivity index (χ3n) is 6.27. The Kier molecular flexibility index (Phi) is 7.66. The van der Waals surface area contributed by atoms with Crippen molar-refractivity contribution in [2.45, 2.75) is 19.4 Å². The van der Waals surface area contributed by atoms with E-state index in [1.165, 1.54) is 32.3 Å². The molecule has 1 amide bonds. The van der Waals surface area contributed by atoms with Gasteiger partial charge in [0.2, 0.25) is 0 Å². The molecule has 37 heavy (non-hydrogen) atoms. The topological polar surface area (TPSA) is 85.3 Å². The van der Waals surface area contributed by atoms with Crippen molar-refractivity contribution in [1.29, 1.82) is 0 Å². The number of Topliss-reactive ketones (excluding diaryl/α,β-unsaturated/α-hetero) is 1. The molecule has 4 rings (SSSR count). The summed E-state index contributed by atoms with van der Waals surface area (Å²) >= 11 is 12.8. The molecule has 192 valence electrons. The molecule has 1 aliphatic rings. The number of carbonyl (C=O) groups excluding carboxylic acids is 2. The number of carbonyl (C=O) groups is 2.